The number of aryl methyl sites for hydroxylation is 1. The van der Waals surface area contributed by atoms with Crippen LogP contribution in [-0.4, -0.2) is 31.2 Å². The Morgan fingerprint density at radius 3 is 2.79 bits per heavy atom. The SMILES string of the molecule is C=C/C=C(\C)N1C(=Nc2ccccc2)S/C(=C\c2ccc3c(cnn3C)c2)C1O. The third-order valence-corrected chi connectivity index (χ3v) is 5.75. The largest absolute Gasteiger partial charge is 0.368 e. The summed E-state index contributed by atoms with van der Waals surface area (Å²) >= 11 is 1.47. The fourth-order valence-corrected chi connectivity index (χ4v) is 4.37. The van der Waals surface area contributed by atoms with E-state index in [1.54, 1.807) is 6.08 Å². The van der Waals surface area contributed by atoms with Gasteiger partial charge in [-0.05, 0) is 48.9 Å². The molecule has 2 aromatic carbocycles. The van der Waals surface area contributed by atoms with Crippen LogP contribution in [0.2, 0.25) is 0 Å². The number of aliphatic hydroxyl groups excluding tert-OH is 1. The fraction of sp³-hybridized carbons (Fsp3) is 0.130. The molecule has 1 N–H and O–H groups in total. The molecule has 1 unspecified atom stereocenters. The molecule has 1 atom stereocenters. The summed E-state index contributed by atoms with van der Waals surface area (Å²) in [5.74, 6) is 0. The van der Waals surface area contributed by atoms with Gasteiger partial charge in [0.25, 0.3) is 0 Å². The van der Waals surface area contributed by atoms with E-state index in [4.69, 9.17) is 4.99 Å². The zero-order valence-electron chi connectivity index (χ0n) is 16.4. The average Bonchev–Trinajstić information content (AvgIpc) is 3.22. The first-order valence-corrected chi connectivity index (χ1v) is 10.1. The molecule has 3 aromatic rings. The van der Waals surface area contributed by atoms with Crippen molar-refractivity contribution in [1.82, 2.24) is 14.7 Å². The normalized spacial score (nSPS) is 20.2. The predicted molar refractivity (Wildman–Crippen MR) is 122 cm³/mol. The van der Waals surface area contributed by atoms with E-state index in [0.29, 0.717) is 0 Å². The number of allylic oxidation sites excluding steroid dienone is 3. The number of benzene rings is 2. The lowest BCUT2D eigenvalue weighted by atomic mass is 10.1. The molecule has 1 fully saturated rings. The van der Waals surface area contributed by atoms with Crippen LogP contribution >= 0.6 is 11.8 Å². The van der Waals surface area contributed by atoms with Crippen LogP contribution in [0.5, 0.6) is 0 Å². The minimum Gasteiger partial charge on any atom is -0.368 e. The summed E-state index contributed by atoms with van der Waals surface area (Å²) < 4.78 is 1.85. The molecular weight excluding hydrogens is 380 g/mol. The summed E-state index contributed by atoms with van der Waals surface area (Å²) in [6.07, 6.45) is 6.63. The molecule has 0 spiro atoms. The molecule has 1 aromatic heterocycles. The third-order valence-electron chi connectivity index (χ3n) is 4.71. The Balaban J connectivity index is 1.73. The first-order chi connectivity index (χ1) is 14.1. The van der Waals surface area contributed by atoms with Crippen LogP contribution in [0.3, 0.4) is 0 Å². The number of hydrogen-bond donors (Lipinski definition) is 1. The van der Waals surface area contributed by atoms with Crippen LogP contribution in [0.1, 0.15) is 12.5 Å². The highest BCUT2D eigenvalue weighted by molar-refractivity contribution is 8.17. The van der Waals surface area contributed by atoms with Crippen LogP contribution in [0.15, 0.2) is 89.1 Å². The van der Waals surface area contributed by atoms with Crippen molar-refractivity contribution in [1.29, 1.82) is 0 Å². The highest BCUT2D eigenvalue weighted by atomic mass is 32.2. The van der Waals surface area contributed by atoms with Crippen LogP contribution in [-0.2, 0) is 7.05 Å². The quantitative estimate of drug-likeness (QED) is 0.620. The number of hydrogen-bond acceptors (Lipinski definition) is 4. The van der Waals surface area contributed by atoms with Gasteiger partial charge in [-0.2, -0.15) is 5.10 Å². The number of aliphatic imine (C=N–C) groups is 1. The molecule has 1 aliphatic heterocycles. The first kappa shape index (κ1) is 19.2. The molecule has 5 nitrogen and oxygen atoms in total. The summed E-state index contributed by atoms with van der Waals surface area (Å²) in [5, 5.41) is 17.1. The Kier molecular flexibility index (Phi) is 5.38. The van der Waals surface area contributed by atoms with Gasteiger partial charge >= 0.3 is 0 Å². The van der Waals surface area contributed by atoms with Gasteiger partial charge in [0.05, 0.1) is 17.4 Å². The van der Waals surface area contributed by atoms with E-state index in [2.05, 4.69) is 17.7 Å². The number of aromatic nitrogens is 2. The Hall–Kier alpha value is -3.09. The van der Waals surface area contributed by atoms with Gasteiger partial charge in [-0.3, -0.25) is 9.58 Å². The Morgan fingerprint density at radius 2 is 2.03 bits per heavy atom. The number of fused-ring (bicyclic) bond motifs is 1. The standard InChI is InChI=1S/C23H22N4OS/c1-4-8-16(2)27-22(28)21(29-23(27)25-19-9-6-5-7-10-19)14-17-11-12-20-18(13-17)15-24-26(20)3/h4-15,22,28H,1H2,2-3H3/b16-8+,21-14-,25-23?. The maximum absolute atomic E-state index is 11.0. The van der Waals surface area contributed by atoms with Gasteiger partial charge in [0.2, 0.25) is 0 Å². The lowest BCUT2D eigenvalue weighted by molar-refractivity contribution is 0.124. The first-order valence-electron chi connectivity index (χ1n) is 9.28. The molecule has 0 bridgehead atoms. The summed E-state index contributed by atoms with van der Waals surface area (Å²) in [6.45, 7) is 5.71. The Morgan fingerprint density at radius 1 is 1.24 bits per heavy atom. The van der Waals surface area contributed by atoms with E-state index in [9.17, 15) is 5.11 Å². The second kappa shape index (κ2) is 8.11. The van der Waals surface area contributed by atoms with Crippen molar-refractivity contribution in [3.63, 3.8) is 0 Å². The molecule has 0 saturated carbocycles. The molecule has 2 heterocycles. The molecule has 146 valence electrons. The van der Waals surface area contributed by atoms with Crippen molar-refractivity contribution in [2.45, 2.75) is 13.2 Å². The molecule has 1 saturated heterocycles. The Bertz CT molecular complexity index is 1140. The summed E-state index contributed by atoms with van der Waals surface area (Å²) in [7, 11) is 1.93. The predicted octanol–water partition coefficient (Wildman–Crippen LogP) is 5.06. The van der Waals surface area contributed by atoms with Gasteiger partial charge in [0, 0.05) is 23.0 Å². The van der Waals surface area contributed by atoms with E-state index in [-0.39, 0.29) is 0 Å². The van der Waals surface area contributed by atoms with E-state index in [0.717, 1.165) is 37.9 Å². The number of amidine groups is 1. The van der Waals surface area contributed by atoms with Crippen molar-refractivity contribution >= 4 is 39.6 Å². The fourth-order valence-electron chi connectivity index (χ4n) is 3.26. The van der Waals surface area contributed by atoms with Gasteiger partial charge in [-0.15, -0.1) is 0 Å². The van der Waals surface area contributed by atoms with E-state index < -0.39 is 6.23 Å². The van der Waals surface area contributed by atoms with Crippen molar-refractivity contribution in [2.75, 3.05) is 0 Å². The second-order valence-corrected chi connectivity index (χ2v) is 7.79. The van der Waals surface area contributed by atoms with Gasteiger partial charge in [-0.1, -0.05) is 48.7 Å². The van der Waals surface area contributed by atoms with Crippen molar-refractivity contribution in [3.8, 4) is 0 Å². The molecule has 29 heavy (non-hydrogen) atoms. The zero-order chi connectivity index (χ0) is 20.4. The van der Waals surface area contributed by atoms with Gasteiger partial charge in [-0.25, -0.2) is 4.99 Å². The lowest BCUT2D eigenvalue weighted by Gasteiger charge is -2.22. The van der Waals surface area contributed by atoms with Crippen molar-refractivity contribution < 1.29 is 5.11 Å². The topological polar surface area (TPSA) is 53.7 Å². The summed E-state index contributed by atoms with van der Waals surface area (Å²) in [4.78, 5) is 7.40. The third kappa shape index (κ3) is 3.90. The number of para-hydroxylation sites is 1. The summed E-state index contributed by atoms with van der Waals surface area (Å²) in [6, 6.07) is 15.9. The number of thioether (sulfide) groups is 1. The Labute approximate surface area is 174 Å². The zero-order valence-corrected chi connectivity index (χ0v) is 17.2. The smallest absolute Gasteiger partial charge is 0.175 e. The van der Waals surface area contributed by atoms with Gasteiger partial charge in [0.15, 0.2) is 11.4 Å². The molecular formula is C23H22N4OS. The molecule has 6 heteroatoms. The molecule has 1 aliphatic rings. The van der Waals surface area contributed by atoms with Crippen LogP contribution in [0.25, 0.3) is 17.0 Å². The van der Waals surface area contributed by atoms with Crippen LogP contribution in [0, 0.1) is 0 Å². The van der Waals surface area contributed by atoms with Crippen molar-refractivity contribution in [2.24, 2.45) is 12.0 Å². The van der Waals surface area contributed by atoms with E-state index in [1.807, 2.05) is 84.4 Å². The van der Waals surface area contributed by atoms with E-state index >= 15 is 0 Å². The maximum Gasteiger partial charge on any atom is 0.175 e. The number of aliphatic hydroxyl groups is 1. The summed E-state index contributed by atoms with van der Waals surface area (Å²) in [5.41, 5.74) is 3.81. The highest BCUT2D eigenvalue weighted by Gasteiger charge is 2.34. The lowest BCUT2D eigenvalue weighted by Crippen LogP contribution is -2.31. The average molecular weight is 403 g/mol. The second-order valence-electron chi connectivity index (χ2n) is 6.75. The van der Waals surface area contributed by atoms with Crippen LogP contribution in [0.4, 0.5) is 5.69 Å². The minimum atomic E-state index is -0.803. The van der Waals surface area contributed by atoms with Gasteiger partial charge in [0.1, 0.15) is 0 Å². The van der Waals surface area contributed by atoms with Crippen LogP contribution < -0.4 is 0 Å². The molecule has 0 aliphatic carbocycles. The molecule has 0 amide bonds. The van der Waals surface area contributed by atoms with Gasteiger partial charge < -0.3 is 5.11 Å². The minimum absolute atomic E-state index is 0.730. The number of nitrogens with zero attached hydrogens (tertiary/aromatic N) is 4. The molecule has 0 radical (unpaired) electrons. The number of rotatable bonds is 4. The van der Waals surface area contributed by atoms with Crippen molar-refractivity contribution in [3.05, 3.63) is 89.6 Å². The molecule has 4 rings (SSSR count). The highest BCUT2D eigenvalue weighted by Crippen LogP contribution is 2.39. The van der Waals surface area contributed by atoms with E-state index in [1.165, 1.54) is 11.8 Å². The monoisotopic (exact) mass is 402 g/mol. The maximum atomic E-state index is 11.0.